The van der Waals surface area contributed by atoms with E-state index < -0.39 is 13.0 Å². The second-order valence-electron chi connectivity index (χ2n) is 6.05. The van der Waals surface area contributed by atoms with Gasteiger partial charge >= 0.3 is 0 Å². The van der Waals surface area contributed by atoms with E-state index in [4.69, 9.17) is 21.7 Å². The highest BCUT2D eigenvalue weighted by molar-refractivity contribution is 6.30. The van der Waals surface area contributed by atoms with Crippen LogP contribution in [-0.2, 0) is 4.74 Å². The number of hydrogen-bond donors (Lipinski definition) is 2. The zero-order valence-corrected chi connectivity index (χ0v) is 16.6. The van der Waals surface area contributed by atoms with E-state index in [1.54, 1.807) is 6.33 Å². The van der Waals surface area contributed by atoms with Crippen LogP contribution in [0.1, 0.15) is 46.1 Å². The van der Waals surface area contributed by atoms with Gasteiger partial charge in [-0.15, -0.1) is 0 Å². The van der Waals surface area contributed by atoms with Crippen molar-refractivity contribution >= 4 is 34.3 Å². The molecule has 9 heteroatoms. The normalized spacial score (nSPS) is 19.1. The Labute approximate surface area is 162 Å². The van der Waals surface area contributed by atoms with E-state index in [-0.39, 0.29) is 17.1 Å². The zero-order valence-electron chi connectivity index (χ0n) is 15.8. The summed E-state index contributed by atoms with van der Waals surface area (Å²) < 4.78 is 32.2. The fraction of sp³-hybridized carbons (Fsp3) is 0.611. The smallest absolute Gasteiger partial charge is 0.255 e. The first kappa shape index (κ1) is 21.3. The summed E-state index contributed by atoms with van der Waals surface area (Å²) in [5.41, 5.74) is 1.54. The lowest BCUT2D eigenvalue weighted by Gasteiger charge is -2.15. The summed E-state index contributed by atoms with van der Waals surface area (Å²) in [7, 11) is 0. The number of anilines is 1. The molecule has 1 aliphatic carbocycles. The summed E-state index contributed by atoms with van der Waals surface area (Å²) in [6, 6.07) is 1.64. The number of aromatic nitrogens is 3. The predicted molar refractivity (Wildman–Crippen MR) is 104 cm³/mol. The van der Waals surface area contributed by atoms with Crippen LogP contribution in [0.4, 0.5) is 14.5 Å². The summed E-state index contributed by atoms with van der Waals surface area (Å²) >= 11 is 6.06. The highest BCUT2D eigenvalue weighted by Crippen LogP contribution is 2.37. The van der Waals surface area contributed by atoms with E-state index in [2.05, 4.69) is 15.3 Å². The topological polar surface area (TPSA) is 75.8 Å². The van der Waals surface area contributed by atoms with Crippen LogP contribution >= 0.6 is 11.6 Å². The van der Waals surface area contributed by atoms with Gasteiger partial charge in [-0.3, -0.25) is 5.41 Å². The molecule has 0 radical (unpaired) electrons. The monoisotopic (exact) mass is 401 g/mol. The molecule has 150 valence electrons. The van der Waals surface area contributed by atoms with Gasteiger partial charge in [0.15, 0.2) is 11.5 Å². The predicted octanol–water partition coefficient (Wildman–Crippen LogP) is 5.14. The number of ether oxygens (including phenoxy) is 1. The lowest BCUT2D eigenvalue weighted by atomic mass is 10.1. The lowest BCUT2D eigenvalue weighted by Crippen LogP contribution is -2.15. The number of rotatable bonds is 6. The van der Waals surface area contributed by atoms with Crippen molar-refractivity contribution in [2.24, 2.45) is 5.92 Å². The Kier molecular flexibility index (Phi) is 7.77. The molecule has 0 amide bonds. The molecule has 0 aliphatic heterocycles. The summed E-state index contributed by atoms with van der Waals surface area (Å²) in [5.74, 6) is 0.401. The highest BCUT2D eigenvalue weighted by Gasteiger charge is 2.31. The Hall–Kier alpha value is -1.96. The van der Waals surface area contributed by atoms with E-state index in [0.29, 0.717) is 29.4 Å². The molecule has 2 N–H and O–H groups in total. The van der Waals surface area contributed by atoms with E-state index in [1.807, 2.05) is 25.3 Å². The summed E-state index contributed by atoms with van der Waals surface area (Å²) in [4.78, 5) is 8.67. The van der Waals surface area contributed by atoms with E-state index in [0.717, 1.165) is 19.3 Å². The van der Waals surface area contributed by atoms with Gasteiger partial charge in [0.2, 0.25) is 0 Å². The number of alkyl halides is 2. The Bertz CT molecular complexity index is 768. The third-order valence-corrected chi connectivity index (χ3v) is 4.61. The molecule has 0 bridgehead atoms. The lowest BCUT2D eigenvalue weighted by molar-refractivity contribution is 0.163. The van der Waals surface area contributed by atoms with E-state index in [1.165, 1.54) is 6.07 Å². The van der Waals surface area contributed by atoms with E-state index >= 15 is 0 Å². The van der Waals surface area contributed by atoms with Crippen LogP contribution in [0.5, 0.6) is 0 Å². The molecule has 2 heterocycles. The van der Waals surface area contributed by atoms with Gasteiger partial charge in [0, 0.05) is 18.0 Å². The van der Waals surface area contributed by atoms with Crippen molar-refractivity contribution in [1.82, 2.24) is 14.5 Å². The quantitative estimate of drug-likeness (QED) is 0.399. The van der Waals surface area contributed by atoms with Gasteiger partial charge in [-0.2, -0.15) is 0 Å². The standard InChI is InChI=1S/C16H20ClF2N5O.C2H6/c1-2-25-15(20)9-3-4-10(5-9)24-8-22-14-11(21-7-13(18)19)6-12(17)23-16(14)24;1-2/h6,8-10,13,20H,2-5,7H2,1H3,(H,21,23);1-2H3. The number of nitrogens with one attached hydrogen (secondary N) is 2. The van der Waals surface area contributed by atoms with Crippen molar-refractivity contribution in [3.63, 3.8) is 0 Å². The van der Waals surface area contributed by atoms with Gasteiger partial charge in [0.25, 0.3) is 6.43 Å². The molecule has 27 heavy (non-hydrogen) atoms. The zero-order chi connectivity index (χ0) is 20.0. The molecule has 3 rings (SSSR count). The summed E-state index contributed by atoms with van der Waals surface area (Å²) in [6.45, 7) is 5.88. The molecule has 1 fully saturated rings. The molecule has 2 aromatic heterocycles. The minimum absolute atomic E-state index is 0.0815. The van der Waals surface area contributed by atoms with Gasteiger partial charge in [-0.1, -0.05) is 25.4 Å². The molecule has 2 atom stereocenters. The van der Waals surface area contributed by atoms with Gasteiger partial charge in [0.1, 0.15) is 10.7 Å². The van der Waals surface area contributed by atoms with Crippen LogP contribution in [0.15, 0.2) is 12.4 Å². The Morgan fingerprint density at radius 3 is 2.85 bits per heavy atom. The minimum Gasteiger partial charge on any atom is -0.481 e. The van der Waals surface area contributed by atoms with Crippen molar-refractivity contribution < 1.29 is 13.5 Å². The molecule has 2 unspecified atom stereocenters. The molecule has 0 aromatic carbocycles. The highest BCUT2D eigenvalue weighted by atomic mass is 35.5. The van der Waals surface area contributed by atoms with Gasteiger partial charge in [-0.05, 0) is 26.2 Å². The first-order valence-electron chi connectivity index (χ1n) is 9.26. The average Bonchev–Trinajstić information content (AvgIpc) is 3.28. The molecule has 6 nitrogen and oxygen atoms in total. The van der Waals surface area contributed by atoms with Crippen molar-refractivity contribution in [2.45, 2.75) is 52.5 Å². The Balaban J connectivity index is 0.00000126. The first-order valence-corrected chi connectivity index (χ1v) is 9.63. The SMILES string of the molecule is CC.CCOC(=N)C1CCC(n2cnc3c(NCC(F)F)cc(Cl)nc32)C1. The maximum absolute atomic E-state index is 12.5. The van der Waals surface area contributed by atoms with Gasteiger partial charge in [0.05, 0.1) is 25.2 Å². The summed E-state index contributed by atoms with van der Waals surface area (Å²) in [5, 5.41) is 10.9. The van der Waals surface area contributed by atoms with Crippen molar-refractivity contribution in [2.75, 3.05) is 18.5 Å². The molecular weight excluding hydrogens is 376 g/mol. The van der Waals surface area contributed by atoms with Crippen LogP contribution in [0, 0.1) is 11.3 Å². The maximum Gasteiger partial charge on any atom is 0.255 e. The maximum atomic E-state index is 12.5. The second kappa shape index (κ2) is 9.82. The van der Waals surface area contributed by atoms with Gasteiger partial charge in [-0.25, -0.2) is 18.7 Å². The first-order chi connectivity index (χ1) is 13.0. The number of fused-ring (bicyclic) bond motifs is 1. The van der Waals surface area contributed by atoms with Crippen LogP contribution in [0.2, 0.25) is 5.15 Å². The number of halogens is 3. The number of hydrogen-bond acceptors (Lipinski definition) is 5. The molecule has 1 saturated carbocycles. The second-order valence-corrected chi connectivity index (χ2v) is 6.44. The van der Waals surface area contributed by atoms with Crippen LogP contribution < -0.4 is 5.32 Å². The van der Waals surface area contributed by atoms with Crippen LogP contribution in [0.3, 0.4) is 0 Å². The molecular formula is C18H26ClF2N5O. The number of pyridine rings is 1. The van der Waals surface area contributed by atoms with Gasteiger partial charge < -0.3 is 14.6 Å². The number of imidazole rings is 1. The Morgan fingerprint density at radius 1 is 1.44 bits per heavy atom. The molecule has 0 saturated heterocycles. The van der Waals surface area contributed by atoms with Crippen molar-refractivity contribution in [3.05, 3.63) is 17.5 Å². The molecule has 1 aliphatic rings. The third kappa shape index (κ3) is 5.06. The molecule has 2 aromatic rings. The molecule has 0 spiro atoms. The largest absolute Gasteiger partial charge is 0.481 e. The Morgan fingerprint density at radius 2 is 2.19 bits per heavy atom. The fourth-order valence-electron chi connectivity index (χ4n) is 3.29. The third-order valence-electron chi connectivity index (χ3n) is 4.41. The van der Waals surface area contributed by atoms with Crippen molar-refractivity contribution in [1.29, 1.82) is 5.41 Å². The number of nitrogens with zero attached hydrogens (tertiary/aromatic N) is 3. The van der Waals surface area contributed by atoms with E-state index in [9.17, 15) is 8.78 Å². The van der Waals surface area contributed by atoms with Crippen molar-refractivity contribution in [3.8, 4) is 0 Å². The fourth-order valence-corrected chi connectivity index (χ4v) is 3.48. The van der Waals surface area contributed by atoms with Crippen LogP contribution in [-0.4, -0.2) is 40.0 Å². The average molecular weight is 402 g/mol. The summed E-state index contributed by atoms with van der Waals surface area (Å²) in [6.07, 6.45) is 1.70. The minimum atomic E-state index is -2.47. The van der Waals surface area contributed by atoms with Crippen LogP contribution in [0.25, 0.3) is 11.2 Å².